The number of nitrogens with zero attached hydrogens (tertiary/aromatic N) is 1. The van der Waals surface area contributed by atoms with E-state index in [0.29, 0.717) is 18.4 Å². The zero-order valence-electron chi connectivity index (χ0n) is 10.7. The molecule has 17 heavy (non-hydrogen) atoms. The van der Waals surface area contributed by atoms with Crippen LogP contribution >= 0.6 is 0 Å². The Morgan fingerprint density at radius 3 is 2.53 bits per heavy atom. The second-order valence-corrected chi connectivity index (χ2v) is 4.32. The second-order valence-electron chi connectivity index (χ2n) is 4.32. The quantitative estimate of drug-likeness (QED) is 0.604. The molecule has 1 aromatic rings. The van der Waals surface area contributed by atoms with E-state index in [1.165, 1.54) is 0 Å². The van der Waals surface area contributed by atoms with Crippen molar-refractivity contribution in [2.24, 2.45) is 16.6 Å². The fourth-order valence-electron chi connectivity index (χ4n) is 1.27. The molecule has 0 radical (unpaired) electrons. The van der Waals surface area contributed by atoms with E-state index < -0.39 is 0 Å². The maximum absolute atomic E-state index is 5.74. The lowest BCUT2D eigenvalue weighted by molar-refractivity contribution is 0.414. The van der Waals surface area contributed by atoms with Gasteiger partial charge in [-0.05, 0) is 23.6 Å². The molecule has 0 heterocycles. The van der Waals surface area contributed by atoms with E-state index in [1.807, 2.05) is 24.3 Å². The second kappa shape index (κ2) is 6.78. The minimum absolute atomic E-state index is 0.495. The molecule has 0 aliphatic rings. The molecule has 1 aromatic carbocycles. The topological polar surface area (TPSA) is 59.6 Å². The standard InChI is InChI=1S/C13H21N3O/c1-10(2)8-15-13(14)16-9-11-4-6-12(17-3)7-5-11/h4-7,10H,8-9H2,1-3H3,(H3,14,15,16). The van der Waals surface area contributed by atoms with E-state index in [4.69, 9.17) is 10.5 Å². The van der Waals surface area contributed by atoms with Crippen LogP contribution in [-0.4, -0.2) is 19.6 Å². The van der Waals surface area contributed by atoms with Crippen molar-refractivity contribution in [2.75, 3.05) is 13.7 Å². The van der Waals surface area contributed by atoms with Crippen molar-refractivity contribution in [2.45, 2.75) is 20.4 Å². The molecule has 4 nitrogen and oxygen atoms in total. The van der Waals surface area contributed by atoms with Gasteiger partial charge < -0.3 is 15.8 Å². The van der Waals surface area contributed by atoms with E-state index in [1.54, 1.807) is 7.11 Å². The van der Waals surface area contributed by atoms with Crippen LogP contribution in [0, 0.1) is 5.92 Å². The highest BCUT2D eigenvalue weighted by Gasteiger charge is 1.96. The summed E-state index contributed by atoms with van der Waals surface area (Å²) in [6.07, 6.45) is 0. The molecule has 0 bridgehead atoms. The van der Waals surface area contributed by atoms with Gasteiger partial charge in [0.15, 0.2) is 5.96 Å². The minimum Gasteiger partial charge on any atom is -0.497 e. The van der Waals surface area contributed by atoms with Gasteiger partial charge in [-0.15, -0.1) is 0 Å². The number of hydrogen-bond donors (Lipinski definition) is 2. The van der Waals surface area contributed by atoms with Gasteiger partial charge in [0.2, 0.25) is 0 Å². The monoisotopic (exact) mass is 235 g/mol. The lowest BCUT2D eigenvalue weighted by Gasteiger charge is -2.07. The molecule has 94 valence electrons. The average molecular weight is 235 g/mol. The number of guanidine groups is 1. The van der Waals surface area contributed by atoms with E-state index in [0.717, 1.165) is 17.9 Å². The van der Waals surface area contributed by atoms with Gasteiger partial charge in [-0.25, -0.2) is 4.99 Å². The van der Waals surface area contributed by atoms with Crippen LogP contribution in [0.3, 0.4) is 0 Å². The largest absolute Gasteiger partial charge is 0.497 e. The summed E-state index contributed by atoms with van der Waals surface area (Å²) in [5.74, 6) is 1.91. The van der Waals surface area contributed by atoms with Gasteiger partial charge in [0.25, 0.3) is 0 Å². The molecule has 0 aliphatic carbocycles. The van der Waals surface area contributed by atoms with Crippen LogP contribution in [0.1, 0.15) is 19.4 Å². The van der Waals surface area contributed by atoms with Crippen molar-refractivity contribution in [1.82, 2.24) is 5.32 Å². The fourth-order valence-corrected chi connectivity index (χ4v) is 1.27. The molecule has 0 amide bonds. The van der Waals surface area contributed by atoms with Crippen LogP contribution in [0.5, 0.6) is 5.75 Å². The van der Waals surface area contributed by atoms with E-state index >= 15 is 0 Å². The number of nitrogens with two attached hydrogens (primary N) is 1. The van der Waals surface area contributed by atoms with Crippen LogP contribution in [0.25, 0.3) is 0 Å². The van der Waals surface area contributed by atoms with Crippen LogP contribution < -0.4 is 15.8 Å². The lowest BCUT2D eigenvalue weighted by atomic mass is 10.2. The summed E-state index contributed by atoms with van der Waals surface area (Å²) >= 11 is 0. The first-order valence-corrected chi connectivity index (χ1v) is 5.78. The van der Waals surface area contributed by atoms with Gasteiger partial charge in [0.1, 0.15) is 5.75 Å². The summed E-state index contributed by atoms with van der Waals surface area (Å²) < 4.78 is 5.09. The Kier molecular flexibility index (Phi) is 5.33. The maximum Gasteiger partial charge on any atom is 0.188 e. The van der Waals surface area contributed by atoms with Crippen molar-refractivity contribution in [1.29, 1.82) is 0 Å². The number of nitrogens with one attached hydrogen (secondary N) is 1. The van der Waals surface area contributed by atoms with Crippen molar-refractivity contribution >= 4 is 5.96 Å². The molecule has 0 atom stereocenters. The Balaban J connectivity index is 2.45. The third-order valence-corrected chi connectivity index (χ3v) is 2.28. The van der Waals surface area contributed by atoms with Crippen molar-refractivity contribution in [3.8, 4) is 5.75 Å². The first kappa shape index (κ1) is 13.4. The van der Waals surface area contributed by atoms with Crippen molar-refractivity contribution in [3.63, 3.8) is 0 Å². The van der Waals surface area contributed by atoms with Gasteiger partial charge in [0.05, 0.1) is 13.7 Å². The van der Waals surface area contributed by atoms with Crippen LogP contribution in [0.4, 0.5) is 0 Å². The number of rotatable bonds is 5. The molecule has 0 unspecified atom stereocenters. The summed E-state index contributed by atoms with van der Waals surface area (Å²) in [5.41, 5.74) is 6.85. The first-order chi connectivity index (χ1) is 8.11. The Bertz CT molecular complexity index is 357. The summed E-state index contributed by atoms with van der Waals surface area (Å²) in [6.45, 7) is 5.69. The molecular formula is C13H21N3O. The predicted molar refractivity (Wildman–Crippen MR) is 71.2 cm³/mol. The number of methoxy groups -OCH3 is 1. The molecule has 1 rings (SSSR count). The predicted octanol–water partition coefficient (Wildman–Crippen LogP) is 1.76. The lowest BCUT2D eigenvalue weighted by Crippen LogP contribution is -2.34. The molecule has 0 saturated carbocycles. The molecule has 0 spiro atoms. The van der Waals surface area contributed by atoms with Gasteiger partial charge in [0, 0.05) is 6.54 Å². The Morgan fingerprint density at radius 1 is 1.35 bits per heavy atom. The summed E-state index contributed by atoms with van der Waals surface area (Å²) in [4.78, 5) is 4.26. The average Bonchev–Trinajstić information content (AvgIpc) is 2.34. The van der Waals surface area contributed by atoms with Crippen molar-refractivity contribution < 1.29 is 4.74 Å². The van der Waals surface area contributed by atoms with Crippen molar-refractivity contribution in [3.05, 3.63) is 29.8 Å². The fraction of sp³-hybridized carbons (Fsp3) is 0.462. The molecule has 0 saturated heterocycles. The zero-order chi connectivity index (χ0) is 12.7. The number of hydrogen-bond acceptors (Lipinski definition) is 2. The minimum atomic E-state index is 0.495. The molecule has 0 fully saturated rings. The van der Waals surface area contributed by atoms with Gasteiger partial charge in [-0.2, -0.15) is 0 Å². The molecule has 4 heteroatoms. The smallest absolute Gasteiger partial charge is 0.188 e. The highest BCUT2D eigenvalue weighted by molar-refractivity contribution is 5.77. The van der Waals surface area contributed by atoms with Gasteiger partial charge >= 0.3 is 0 Å². The molecular weight excluding hydrogens is 214 g/mol. The first-order valence-electron chi connectivity index (χ1n) is 5.78. The highest BCUT2D eigenvalue weighted by Crippen LogP contribution is 2.11. The number of ether oxygens (including phenoxy) is 1. The SMILES string of the molecule is COc1ccc(CN=C(N)NCC(C)C)cc1. The number of aliphatic imine (C=N–C) groups is 1. The maximum atomic E-state index is 5.74. The van der Waals surface area contributed by atoms with Crippen LogP contribution in [0.15, 0.2) is 29.3 Å². The zero-order valence-corrected chi connectivity index (χ0v) is 10.7. The van der Waals surface area contributed by atoms with Crippen LogP contribution in [0.2, 0.25) is 0 Å². The highest BCUT2D eigenvalue weighted by atomic mass is 16.5. The van der Waals surface area contributed by atoms with E-state index in [-0.39, 0.29) is 0 Å². The third-order valence-electron chi connectivity index (χ3n) is 2.28. The third kappa shape index (κ3) is 5.24. The van der Waals surface area contributed by atoms with E-state index in [2.05, 4.69) is 24.2 Å². The molecule has 0 aromatic heterocycles. The molecule has 0 aliphatic heterocycles. The van der Waals surface area contributed by atoms with E-state index in [9.17, 15) is 0 Å². The normalized spacial score (nSPS) is 11.6. The van der Waals surface area contributed by atoms with Crippen LogP contribution in [-0.2, 0) is 6.54 Å². The number of benzene rings is 1. The summed E-state index contributed by atoms with van der Waals surface area (Å²) in [6, 6.07) is 7.81. The van der Waals surface area contributed by atoms with Gasteiger partial charge in [-0.1, -0.05) is 26.0 Å². The Labute approximate surface area is 103 Å². The summed E-state index contributed by atoms with van der Waals surface area (Å²) in [5, 5.41) is 3.08. The Morgan fingerprint density at radius 2 is 2.00 bits per heavy atom. The Hall–Kier alpha value is -1.71. The molecule has 3 N–H and O–H groups in total. The van der Waals surface area contributed by atoms with Gasteiger partial charge in [-0.3, -0.25) is 0 Å². The summed E-state index contributed by atoms with van der Waals surface area (Å²) in [7, 11) is 1.65.